The Morgan fingerprint density at radius 1 is 0.967 bits per heavy atom. The van der Waals surface area contributed by atoms with Crippen LogP contribution in [-0.4, -0.2) is 58.3 Å². The predicted molar refractivity (Wildman–Crippen MR) is 107 cm³/mol. The van der Waals surface area contributed by atoms with Gasteiger partial charge in [0, 0.05) is 51.3 Å². The molecule has 0 aromatic heterocycles. The monoisotopic (exact) mass is 412 g/mol. The highest BCUT2D eigenvalue weighted by Crippen LogP contribution is 2.27. The maximum atomic E-state index is 12.8. The topological polar surface area (TPSA) is 119 Å². The van der Waals surface area contributed by atoms with E-state index < -0.39 is 27.1 Å². The second kappa shape index (κ2) is 8.07. The molecule has 0 N–H and O–H groups in total. The van der Waals surface area contributed by atoms with Crippen LogP contribution in [0, 0.1) is 20.2 Å². The zero-order chi connectivity index (χ0) is 21.3. The van der Waals surface area contributed by atoms with Gasteiger partial charge in [-0.2, -0.15) is 0 Å². The second-order valence-electron chi connectivity index (χ2n) is 7.36. The van der Waals surface area contributed by atoms with Gasteiger partial charge in [0.15, 0.2) is 0 Å². The van der Waals surface area contributed by atoms with Gasteiger partial charge in [0.25, 0.3) is 17.3 Å². The molecule has 2 aliphatic rings. The molecule has 0 unspecified atom stereocenters. The molecule has 1 fully saturated rings. The molecule has 4 rings (SSSR count). The van der Waals surface area contributed by atoms with Gasteiger partial charge in [-0.1, -0.05) is 12.1 Å². The van der Waals surface area contributed by atoms with Crippen LogP contribution in [0.1, 0.15) is 21.5 Å². The minimum atomic E-state index is -0.733. The minimum Gasteiger partial charge on any atom is -0.493 e. The summed E-state index contributed by atoms with van der Waals surface area (Å²) in [5.74, 6) is 0.511. The summed E-state index contributed by atoms with van der Waals surface area (Å²) < 4.78 is 5.53. The fourth-order valence-electron chi connectivity index (χ4n) is 3.82. The average molecular weight is 412 g/mol. The number of ether oxygens (including phenoxy) is 1. The molecule has 0 saturated carbocycles. The molecule has 0 radical (unpaired) electrons. The number of nitro groups is 2. The number of carbonyl (C=O) groups excluding carboxylic acids is 1. The van der Waals surface area contributed by atoms with E-state index in [4.69, 9.17) is 4.74 Å². The van der Waals surface area contributed by atoms with Gasteiger partial charge in [0.05, 0.1) is 28.1 Å². The largest absolute Gasteiger partial charge is 0.493 e. The third kappa shape index (κ3) is 4.08. The Balaban J connectivity index is 1.41. The number of rotatable bonds is 5. The Morgan fingerprint density at radius 3 is 2.27 bits per heavy atom. The van der Waals surface area contributed by atoms with Crippen molar-refractivity contribution >= 4 is 17.3 Å². The molecule has 30 heavy (non-hydrogen) atoms. The SMILES string of the molecule is O=C(c1cc([N+](=O)[O-])cc([N+](=O)[O-])c1)N1CCN(Cc2ccc3c(c2)CCO3)CC1. The molecule has 10 heteroatoms. The van der Waals surface area contributed by atoms with E-state index >= 15 is 0 Å². The van der Waals surface area contributed by atoms with Crippen LogP contribution in [0.3, 0.4) is 0 Å². The highest BCUT2D eigenvalue weighted by molar-refractivity contribution is 5.95. The first kappa shape index (κ1) is 19.8. The third-order valence-corrected chi connectivity index (χ3v) is 5.39. The van der Waals surface area contributed by atoms with Crippen LogP contribution in [0.4, 0.5) is 11.4 Å². The van der Waals surface area contributed by atoms with Crippen molar-refractivity contribution in [2.24, 2.45) is 0 Å². The lowest BCUT2D eigenvalue weighted by molar-refractivity contribution is -0.394. The van der Waals surface area contributed by atoms with Gasteiger partial charge in [-0.3, -0.25) is 29.9 Å². The van der Waals surface area contributed by atoms with Crippen LogP contribution in [0.5, 0.6) is 5.75 Å². The molecule has 2 aromatic rings. The zero-order valence-electron chi connectivity index (χ0n) is 16.2. The Morgan fingerprint density at radius 2 is 1.63 bits per heavy atom. The second-order valence-corrected chi connectivity index (χ2v) is 7.36. The van der Waals surface area contributed by atoms with Crippen molar-refractivity contribution in [1.82, 2.24) is 9.80 Å². The molecule has 10 nitrogen and oxygen atoms in total. The molecule has 2 aromatic carbocycles. The fourth-order valence-corrected chi connectivity index (χ4v) is 3.82. The van der Waals surface area contributed by atoms with Crippen molar-refractivity contribution in [2.45, 2.75) is 13.0 Å². The van der Waals surface area contributed by atoms with E-state index in [1.807, 2.05) is 12.1 Å². The van der Waals surface area contributed by atoms with E-state index in [9.17, 15) is 25.0 Å². The van der Waals surface area contributed by atoms with Gasteiger partial charge in [0.2, 0.25) is 0 Å². The van der Waals surface area contributed by atoms with Gasteiger partial charge in [0.1, 0.15) is 5.75 Å². The summed E-state index contributed by atoms with van der Waals surface area (Å²) in [4.78, 5) is 37.3. The van der Waals surface area contributed by atoms with E-state index in [2.05, 4.69) is 11.0 Å². The number of piperazine rings is 1. The summed E-state index contributed by atoms with van der Waals surface area (Å²) in [6, 6.07) is 9.23. The molecule has 0 atom stereocenters. The Hall–Kier alpha value is -3.53. The number of nitro benzene ring substituents is 2. The first-order valence-corrected chi connectivity index (χ1v) is 9.61. The lowest BCUT2D eigenvalue weighted by Crippen LogP contribution is -2.48. The summed E-state index contributed by atoms with van der Waals surface area (Å²) >= 11 is 0. The van der Waals surface area contributed by atoms with Gasteiger partial charge in [-0.05, 0) is 17.2 Å². The molecule has 2 aliphatic heterocycles. The standard InChI is InChI=1S/C20H20N4O6/c25-20(16-10-17(23(26)27)12-18(11-16)24(28)29)22-6-4-21(5-7-22)13-14-1-2-19-15(9-14)3-8-30-19/h1-2,9-12H,3-8,13H2. The van der Waals surface area contributed by atoms with Crippen LogP contribution < -0.4 is 4.74 Å². The molecular weight excluding hydrogens is 392 g/mol. The van der Waals surface area contributed by atoms with Crippen LogP contribution in [0.15, 0.2) is 36.4 Å². The van der Waals surface area contributed by atoms with E-state index in [0.717, 1.165) is 43.5 Å². The molecule has 0 spiro atoms. The van der Waals surface area contributed by atoms with Crippen LogP contribution in [0.2, 0.25) is 0 Å². The molecule has 1 saturated heterocycles. The van der Waals surface area contributed by atoms with Crippen molar-refractivity contribution in [1.29, 1.82) is 0 Å². The Labute approximate surface area is 171 Å². The number of nitrogens with zero attached hydrogens (tertiary/aromatic N) is 4. The molecule has 0 aliphatic carbocycles. The van der Waals surface area contributed by atoms with Crippen molar-refractivity contribution in [3.8, 4) is 5.75 Å². The Bertz CT molecular complexity index is 984. The summed E-state index contributed by atoms with van der Waals surface area (Å²) in [5, 5.41) is 22.1. The average Bonchev–Trinajstić information content (AvgIpc) is 3.21. The van der Waals surface area contributed by atoms with Crippen molar-refractivity contribution in [3.63, 3.8) is 0 Å². The number of benzene rings is 2. The molecule has 2 heterocycles. The van der Waals surface area contributed by atoms with Gasteiger partial charge in [-0.15, -0.1) is 0 Å². The summed E-state index contributed by atoms with van der Waals surface area (Å²) in [6.07, 6.45) is 0.917. The fraction of sp³-hybridized carbons (Fsp3) is 0.350. The van der Waals surface area contributed by atoms with E-state index in [0.29, 0.717) is 26.2 Å². The lowest BCUT2D eigenvalue weighted by atomic mass is 10.1. The molecule has 1 amide bonds. The van der Waals surface area contributed by atoms with Crippen molar-refractivity contribution in [2.75, 3.05) is 32.8 Å². The highest BCUT2D eigenvalue weighted by atomic mass is 16.6. The van der Waals surface area contributed by atoms with Crippen LogP contribution >= 0.6 is 0 Å². The van der Waals surface area contributed by atoms with Crippen LogP contribution in [-0.2, 0) is 13.0 Å². The van der Waals surface area contributed by atoms with E-state index in [1.165, 1.54) is 11.1 Å². The summed E-state index contributed by atoms with van der Waals surface area (Å²) in [6.45, 7) is 3.67. The molecular formula is C20H20N4O6. The number of carbonyl (C=O) groups is 1. The maximum Gasteiger partial charge on any atom is 0.277 e. The Kier molecular flexibility index (Phi) is 5.32. The highest BCUT2D eigenvalue weighted by Gasteiger charge is 2.26. The van der Waals surface area contributed by atoms with E-state index in [-0.39, 0.29) is 5.56 Å². The smallest absolute Gasteiger partial charge is 0.277 e. The number of amides is 1. The maximum absolute atomic E-state index is 12.8. The minimum absolute atomic E-state index is 0.0389. The quantitative estimate of drug-likeness (QED) is 0.546. The molecule has 0 bridgehead atoms. The first-order chi connectivity index (χ1) is 14.4. The normalized spacial score (nSPS) is 16.1. The van der Waals surface area contributed by atoms with Crippen LogP contribution in [0.25, 0.3) is 0 Å². The molecule has 156 valence electrons. The number of hydrogen-bond acceptors (Lipinski definition) is 7. The first-order valence-electron chi connectivity index (χ1n) is 9.61. The number of fused-ring (bicyclic) bond motifs is 1. The predicted octanol–water partition coefficient (Wildman–Crippen LogP) is 2.40. The van der Waals surface area contributed by atoms with Gasteiger partial charge in [-0.25, -0.2) is 0 Å². The summed E-state index contributed by atoms with van der Waals surface area (Å²) in [7, 11) is 0. The zero-order valence-corrected chi connectivity index (χ0v) is 16.2. The third-order valence-electron chi connectivity index (χ3n) is 5.39. The van der Waals surface area contributed by atoms with Gasteiger partial charge < -0.3 is 9.64 Å². The van der Waals surface area contributed by atoms with Crippen molar-refractivity contribution < 1.29 is 19.4 Å². The van der Waals surface area contributed by atoms with Gasteiger partial charge >= 0.3 is 0 Å². The van der Waals surface area contributed by atoms with E-state index in [1.54, 1.807) is 4.90 Å². The number of hydrogen-bond donors (Lipinski definition) is 0. The number of non-ortho nitro benzene ring substituents is 2. The lowest BCUT2D eigenvalue weighted by Gasteiger charge is -2.34. The van der Waals surface area contributed by atoms with Crippen molar-refractivity contribution in [3.05, 3.63) is 73.3 Å². The summed E-state index contributed by atoms with van der Waals surface area (Å²) in [5.41, 5.74) is 1.43.